The lowest BCUT2D eigenvalue weighted by Crippen LogP contribution is -2.56. The maximum atomic E-state index is 13.0. The second kappa shape index (κ2) is 15.1. The van der Waals surface area contributed by atoms with E-state index >= 15 is 0 Å². The van der Waals surface area contributed by atoms with E-state index in [0.29, 0.717) is 7.57 Å². The highest BCUT2D eigenvalue weighted by molar-refractivity contribution is 7.86. The number of nitrogens with one attached hydrogen (secondary N) is 2. The molecule has 0 aliphatic carbocycles. The van der Waals surface area contributed by atoms with Crippen molar-refractivity contribution in [3.8, 4) is 12.3 Å². The normalized spacial score (nSPS) is 28.0. The highest BCUT2D eigenvalue weighted by Crippen LogP contribution is 2.67. The Labute approximate surface area is 304 Å². The number of nitrogens with zero attached hydrogens (tertiary/aromatic N) is 7. The van der Waals surface area contributed by atoms with E-state index in [4.69, 9.17) is 36.4 Å². The van der Waals surface area contributed by atoms with Gasteiger partial charge in [-0.3, -0.25) is 42.6 Å². The second-order valence-corrected chi connectivity index (χ2v) is 17.6. The number of aliphatic hydroxyl groups is 2. The minimum atomic E-state index is -5.39. The van der Waals surface area contributed by atoms with Crippen LogP contribution >= 0.6 is 23.1 Å². The van der Waals surface area contributed by atoms with Crippen LogP contribution in [0.4, 0.5) is 23.4 Å². The van der Waals surface area contributed by atoms with Crippen LogP contribution in [0.1, 0.15) is 6.23 Å². The number of aromatic amines is 2. The molecule has 3 aromatic heterocycles. The number of terminal acetylenes is 1. The van der Waals surface area contributed by atoms with Gasteiger partial charge in [0.15, 0.2) is 23.2 Å². The van der Waals surface area contributed by atoms with Crippen LogP contribution < -0.4 is 32.4 Å². The summed E-state index contributed by atoms with van der Waals surface area (Å²) in [6.07, 6.45) is -1.50. The quantitative estimate of drug-likeness (QED) is 0.0472. The van der Waals surface area contributed by atoms with Crippen molar-refractivity contribution >= 4 is 65.3 Å². The number of imidazole rings is 1. The van der Waals surface area contributed by atoms with Crippen LogP contribution in [-0.2, 0) is 40.8 Å². The third-order valence-electron chi connectivity index (χ3n) is 8.19. The number of hydrogen-bond donors (Lipinski definition) is 8. The monoisotopic (exact) mass is 821 g/mol. The largest absolute Gasteiger partial charge is 0.478 e. The molecule has 2 fully saturated rings. The number of aromatic nitrogens is 6. The van der Waals surface area contributed by atoms with Crippen LogP contribution in [0.15, 0.2) is 15.9 Å². The summed E-state index contributed by atoms with van der Waals surface area (Å²) in [4.78, 5) is 67.0. The molecule has 0 aromatic carbocycles. The molecule has 0 saturated carbocycles. The zero-order valence-corrected chi connectivity index (χ0v) is 31.0. The molecule has 0 spiro atoms. The summed E-state index contributed by atoms with van der Waals surface area (Å²) in [7, 11) is -13.4. The smallest absolute Gasteiger partial charge is 0.387 e. The van der Waals surface area contributed by atoms with Crippen LogP contribution in [0.2, 0.25) is 0 Å². The topological polar surface area (TPSA) is 359 Å². The number of nitrogens with two attached hydrogens (primary N) is 2. The van der Waals surface area contributed by atoms with Crippen molar-refractivity contribution in [2.24, 2.45) is 0 Å². The van der Waals surface area contributed by atoms with Crippen molar-refractivity contribution in [3.63, 3.8) is 0 Å². The number of fused-ring (bicyclic) bond motifs is 2. The molecule has 3 aliphatic heterocycles. The minimum absolute atomic E-state index is 0.101. The average Bonchev–Trinajstić information content (AvgIpc) is 3.71. The highest BCUT2D eigenvalue weighted by atomic mass is 31.3. The number of rotatable bonds is 13. The molecule has 2 saturated heterocycles. The van der Waals surface area contributed by atoms with Crippen molar-refractivity contribution in [2.45, 2.75) is 36.9 Å². The molecule has 0 amide bonds. The Balaban J connectivity index is 1.05. The van der Waals surface area contributed by atoms with E-state index < -0.39 is 84.3 Å². The summed E-state index contributed by atoms with van der Waals surface area (Å²) in [5.74, 6) is 2.34. The number of hydrogen-bond acceptors (Lipinski definition) is 21. The molecular formula is C24H35BN11O15P3. The third kappa shape index (κ3) is 8.57. The molecule has 30 heteroatoms. The van der Waals surface area contributed by atoms with Crippen molar-refractivity contribution in [3.05, 3.63) is 27.0 Å². The maximum Gasteiger partial charge on any atom is 0.478 e. The number of aliphatic hydroxyl groups excluding tert-OH is 2. The van der Waals surface area contributed by atoms with E-state index in [1.165, 1.54) is 0 Å². The molecule has 9 atom stereocenters. The van der Waals surface area contributed by atoms with Gasteiger partial charge in [-0.1, -0.05) is 5.92 Å². The van der Waals surface area contributed by atoms with Crippen LogP contribution in [0.25, 0.3) is 11.2 Å². The van der Waals surface area contributed by atoms with Crippen molar-refractivity contribution < 1.29 is 60.8 Å². The number of morpholine rings is 1. The van der Waals surface area contributed by atoms with Gasteiger partial charge in [0.1, 0.15) is 30.2 Å². The molecule has 10 N–H and O–H groups in total. The molecule has 0 bridgehead atoms. The zero-order valence-electron chi connectivity index (χ0n) is 28.3. The molecule has 3 unspecified atom stereocenters. The first kappa shape index (κ1) is 40.0. The van der Waals surface area contributed by atoms with E-state index in [2.05, 4.69) is 39.5 Å². The standard InChI is InChI=1S/C24H35BN11O15P3/c1-3-4-34-5-11(48-13(6-34)36-10-33(2)15-19(36)30-24(27)32-21(15)40)7-46-53(42,43)50-52(25,41)51-54(44,45)47-8-12-16(37)17(38)22(49-12)35-9-28-14-18(35)29-23(26)31-20(14)39/h1,9,11-13,16-17,22,37-38H,4-8,10,25H2,2H3,(H,42,43)(H,44,45)(H3,26,29,31,39)(H3,27,30,32,40)/t11-,12+,13+,16+,17+,22+,52?/m0/s1. The molecule has 26 nitrogen and oxygen atoms in total. The Morgan fingerprint density at radius 3 is 2.35 bits per heavy atom. The van der Waals surface area contributed by atoms with Crippen LogP contribution in [0, 0.1) is 12.3 Å². The second-order valence-electron chi connectivity index (χ2n) is 12.3. The lowest BCUT2D eigenvalue weighted by atomic mass is 10.1. The summed E-state index contributed by atoms with van der Waals surface area (Å²) in [5.41, 5.74) is 10.2. The van der Waals surface area contributed by atoms with Gasteiger partial charge >= 0.3 is 15.6 Å². The van der Waals surface area contributed by atoms with Crippen molar-refractivity contribution in [2.75, 3.05) is 67.8 Å². The molecule has 6 rings (SSSR count). The first-order chi connectivity index (χ1) is 25.3. The van der Waals surface area contributed by atoms with Crippen LogP contribution in [0.3, 0.4) is 0 Å². The van der Waals surface area contributed by atoms with E-state index in [1.807, 2.05) is 0 Å². The third-order valence-corrected chi connectivity index (χ3v) is 13.2. The van der Waals surface area contributed by atoms with Gasteiger partial charge < -0.3 is 50.7 Å². The Morgan fingerprint density at radius 1 is 1.02 bits per heavy atom. The summed E-state index contributed by atoms with van der Waals surface area (Å²) < 4.78 is 70.4. The number of ether oxygens (including phenoxy) is 2. The summed E-state index contributed by atoms with van der Waals surface area (Å²) >= 11 is 0. The van der Waals surface area contributed by atoms with Gasteiger partial charge in [-0.25, -0.2) is 22.7 Å². The SMILES string of the molecule is BP(=O)(OP(=O)(O)OC[C@@H]1CN(CC#C)C[C@H](N2CN(C)c3c2nc(N)[nH]c3=O)O1)OP(=O)(O)OC[C@H]1O[C@@H](n2cnc3c(=O)[nH]c(N)nc32)[C@H](O)[C@@H]1O. The lowest BCUT2D eigenvalue weighted by molar-refractivity contribution is -0.0979. The van der Waals surface area contributed by atoms with E-state index in [9.17, 15) is 43.3 Å². The van der Waals surface area contributed by atoms with E-state index in [-0.39, 0.29) is 60.9 Å². The van der Waals surface area contributed by atoms with Crippen molar-refractivity contribution in [1.82, 2.24) is 34.4 Å². The van der Waals surface area contributed by atoms with Crippen molar-refractivity contribution in [1.29, 1.82) is 0 Å². The van der Waals surface area contributed by atoms with Gasteiger partial charge in [-0.05, 0) is 0 Å². The number of phosphoric acid groups is 2. The first-order valence-electron chi connectivity index (χ1n) is 15.6. The number of anilines is 4. The number of nitrogen functional groups attached to an aromatic ring is 2. The van der Waals surface area contributed by atoms with Crippen LogP contribution in [0.5, 0.6) is 0 Å². The minimum Gasteiger partial charge on any atom is -0.387 e. The fourth-order valence-electron chi connectivity index (χ4n) is 6.03. The van der Waals surface area contributed by atoms with Gasteiger partial charge in [0.05, 0.1) is 38.9 Å². The summed E-state index contributed by atoms with van der Waals surface area (Å²) in [5, 5.41) is 21.1. The Kier molecular flexibility index (Phi) is 11.2. The van der Waals surface area contributed by atoms with Gasteiger partial charge in [0.2, 0.25) is 11.9 Å². The lowest BCUT2D eigenvalue weighted by Gasteiger charge is -2.41. The van der Waals surface area contributed by atoms with E-state index in [1.54, 1.807) is 21.7 Å². The summed E-state index contributed by atoms with van der Waals surface area (Å²) in [6, 6.07) is 0. The Hall–Kier alpha value is -3.70. The first-order valence-corrected chi connectivity index (χ1v) is 20.6. The van der Waals surface area contributed by atoms with Gasteiger partial charge in [0.25, 0.3) is 26.2 Å². The van der Waals surface area contributed by atoms with E-state index in [0.717, 1.165) is 10.9 Å². The fourth-order valence-corrected chi connectivity index (χ4v) is 10.5. The predicted octanol–water partition coefficient (Wildman–Crippen LogP) is -3.43. The van der Waals surface area contributed by atoms with Gasteiger partial charge in [-0.2, -0.15) is 9.97 Å². The fraction of sp³-hybridized carbons (Fsp3) is 0.542. The molecule has 6 heterocycles. The molecular weight excluding hydrogens is 786 g/mol. The predicted molar refractivity (Wildman–Crippen MR) is 187 cm³/mol. The Bertz CT molecular complexity index is 2220. The molecule has 54 heavy (non-hydrogen) atoms. The summed E-state index contributed by atoms with van der Waals surface area (Å²) in [6.45, 7) is -0.930. The molecule has 3 aromatic rings. The number of H-pyrrole nitrogens is 2. The van der Waals surface area contributed by atoms with Crippen LogP contribution in [-0.4, -0.2) is 139 Å². The highest BCUT2D eigenvalue weighted by Gasteiger charge is 2.47. The number of phosphoric ester groups is 2. The molecule has 294 valence electrons. The van der Waals surface area contributed by atoms with Gasteiger partial charge in [-0.15, -0.1) is 6.42 Å². The molecule has 0 radical (unpaired) electrons. The Morgan fingerprint density at radius 2 is 1.67 bits per heavy atom. The molecule has 3 aliphatic rings. The average molecular weight is 821 g/mol. The zero-order chi connectivity index (χ0) is 39.3. The van der Waals surface area contributed by atoms with Gasteiger partial charge in [0, 0.05) is 20.1 Å². The maximum absolute atomic E-state index is 13.0.